The highest BCUT2D eigenvalue weighted by molar-refractivity contribution is 6.07. The highest BCUT2D eigenvalue weighted by atomic mass is 16.5. The SMILES string of the molecule is CC(=O)c1cccc(OCC(O)CN2C(=O)NC3(CCC(C)CC3)C2=O)c1. The van der Waals surface area contributed by atoms with Crippen LogP contribution in [0.1, 0.15) is 49.9 Å². The summed E-state index contributed by atoms with van der Waals surface area (Å²) in [5.41, 5.74) is -0.287. The maximum Gasteiger partial charge on any atom is 0.325 e. The van der Waals surface area contributed by atoms with E-state index in [9.17, 15) is 19.5 Å². The van der Waals surface area contributed by atoms with Crippen molar-refractivity contribution in [2.24, 2.45) is 5.92 Å². The van der Waals surface area contributed by atoms with Crippen LogP contribution in [-0.4, -0.2) is 52.5 Å². The summed E-state index contributed by atoms with van der Waals surface area (Å²) in [5, 5.41) is 13.1. The summed E-state index contributed by atoms with van der Waals surface area (Å²) in [6.45, 7) is 3.41. The molecule has 7 heteroatoms. The molecule has 1 spiro atoms. The van der Waals surface area contributed by atoms with Crippen molar-refractivity contribution in [2.45, 2.75) is 51.2 Å². The number of aliphatic hydroxyl groups excluding tert-OH is 1. The number of β-amino-alcohol motifs (C(OH)–C–C–N with tert-alkyl or cyclic N) is 1. The molecule has 1 aromatic carbocycles. The van der Waals surface area contributed by atoms with Crippen LogP contribution in [0.3, 0.4) is 0 Å². The molecule has 2 aliphatic rings. The van der Waals surface area contributed by atoms with Crippen molar-refractivity contribution in [1.82, 2.24) is 10.2 Å². The Labute approximate surface area is 158 Å². The van der Waals surface area contributed by atoms with Crippen LogP contribution < -0.4 is 10.1 Å². The first-order valence-electron chi connectivity index (χ1n) is 9.37. The van der Waals surface area contributed by atoms with Gasteiger partial charge in [-0.1, -0.05) is 19.1 Å². The molecule has 2 fully saturated rings. The molecule has 1 aliphatic heterocycles. The lowest BCUT2D eigenvalue weighted by atomic mass is 9.77. The van der Waals surface area contributed by atoms with Crippen LogP contribution in [-0.2, 0) is 4.79 Å². The third-order valence-electron chi connectivity index (χ3n) is 5.45. The smallest absolute Gasteiger partial charge is 0.325 e. The standard InChI is InChI=1S/C20H26N2O5/c1-13-6-8-20(9-7-13)18(25)22(19(26)21-20)11-16(24)12-27-17-5-3-4-15(10-17)14(2)23/h3-5,10,13,16,24H,6-9,11-12H2,1-2H3,(H,21,26). The molecule has 1 saturated heterocycles. The topological polar surface area (TPSA) is 95.9 Å². The molecule has 27 heavy (non-hydrogen) atoms. The summed E-state index contributed by atoms with van der Waals surface area (Å²) < 4.78 is 5.52. The first-order chi connectivity index (χ1) is 12.8. The Balaban J connectivity index is 1.57. The van der Waals surface area contributed by atoms with Crippen LogP contribution >= 0.6 is 0 Å². The van der Waals surface area contributed by atoms with Gasteiger partial charge in [0, 0.05) is 5.56 Å². The van der Waals surface area contributed by atoms with Gasteiger partial charge in [-0.2, -0.15) is 0 Å². The highest BCUT2D eigenvalue weighted by Crippen LogP contribution is 2.36. The Morgan fingerprint density at radius 3 is 2.74 bits per heavy atom. The summed E-state index contributed by atoms with van der Waals surface area (Å²) in [7, 11) is 0. The summed E-state index contributed by atoms with van der Waals surface area (Å²) in [5.74, 6) is 0.681. The van der Waals surface area contributed by atoms with Crippen LogP contribution in [0.2, 0.25) is 0 Å². The molecule has 1 unspecified atom stereocenters. The number of imide groups is 1. The van der Waals surface area contributed by atoms with Crippen molar-refractivity contribution in [3.8, 4) is 5.75 Å². The lowest BCUT2D eigenvalue weighted by Gasteiger charge is -2.33. The van der Waals surface area contributed by atoms with E-state index in [-0.39, 0.29) is 24.8 Å². The zero-order valence-corrected chi connectivity index (χ0v) is 15.7. The normalized spacial score (nSPS) is 26.2. The zero-order chi connectivity index (χ0) is 19.6. The monoisotopic (exact) mass is 374 g/mol. The molecule has 7 nitrogen and oxygen atoms in total. The summed E-state index contributed by atoms with van der Waals surface area (Å²) in [6.07, 6.45) is 2.06. The van der Waals surface area contributed by atoms with Gasteiger partial charge < -0.3 is 15.2 Å². The molecule has 2 N–H and O–H groups in total. The number of rotatable bonds is 6. The fourth-order valence-corrected chi connectivity index (χ4v) is 3.70. The second-order valence-corrected chi connectivity index (χ2v) is 7.66. The summed E-state index contributed by atoms with van der Waals surface area (Å²) in [6, 6.07) is 6.21. The number of nitrogens with one attached hydrogen (secondary N) is 1. The third-order valence-corrected chi connectivity index (χ3v) is 5.45. The van der Waals surface area contributed by atoms with E-state index in [0.717, 1.165) is 17.7 Å². The highest BCUT2D eigenvalue weighted by Gasteiger charge is 2.52. The number of hydrogen-bond acceptors (Lipinski definition) is 5. The summed E-state index contributed by atoms with van der Waals surface area (Å²) in [4.78, 5) is 37.6. The van der Waals surface area contributed by atoms with Gasteiger partial charge in [0.05, 0.1) is 6.54 Å². The lowest BCUT2D eigenvalue weighted by Crippen LogP contribution is -2.49. The maximum absolute atomic E-state index is 12.8. The Kier molecular flexibility index (Phi) is 5.51. The molecular formula is C20H26N2O5. The van der Waals surface area contributed by atoms with Crippen LogP contribution in [0.5, 0.6) is 5.75 Å². The average molecular weight is 374 g/mol. The van der Waals surface area contributed by atoms with Crippen molar-refractivity contribution < 1.29 is 24.2 Å². The molecule has 1 aromatic rings. The number of aliphatic hydroxyl groups is 1. The Morgan fingerprint density at radius 1 is 1.37 bits per heavy atom. The van der Waals surface area contributed by atoms with E-state index < -0.39 is 17.7 Å². The quantitative estimate of drug-likeness (QED) is 0.587. The molecule has 3 rings (SSSR count). The Bertz CT molecular complexity index is 740. The van der Waals surface area contributed by atoms with Crippen LogP contribution in [0.25, 0.3) is 0 Å². The second kappa shape index (κ2) is 7.68. The van der Waals surface area contributed by atoms with Gasteiger partial charge in [-0.25, -0.2) is 4.79 Å². The van der Waals surface area contributed by atoms with Gasteiger partial charge in [0.25, 0.3) is 5.91 Å². The van der Waals surface area contributed by atoms with E-state index in [0.29, 0.717) is 30.1 Å². The molecular weight excluding hydrogens is 348 g/mol. The first-order valence-corrected chi connectivity index (χ1v) is 9.37. The van der Waals surface area contributed by atoms with Gasteiger partial charge in [0.2, 0.25) is 0 Å². The predicted octanol–water partition coefficient (Wildman–Crippen LogP) is 2.13. The van der Waals surface area contributed by atoms with E-state index in [1.165, 1.54) is 6.92 Å². The van der Waals surface area contributed by atoms with Gasteiger partial charge in [0.1, 0.15) is 24.0 Å². The lowest BCUT2D eigenvalue weighted by molar-refractivity contribution is -0.133. The number of ether oxygens (including phenoxy) is 1. The number of ketones is 1. The van der Waals surface area contributed by atoms with E-state index in [1.54, 1.807) is 24.3 Å². The molecule has 1 heterocycles. The minimum absolute atomic E-state index is 0.0765. The molecule has 1 saturated carbocycles. The van der Waals surface area contributed by atoms with E-state index >= 15 is 0 Å². The minimum Gasteiger partial charge on any atom is -0.491 e. The van der Waals surface area contributed by atoms with E-state index in [2.05, 4.69) is 12.2 Å². The van der Waals surface area contributed by atoms with Gasteiger partial charge >= 0.3 is 6.03 Å². The van der Waals surface area contributed by atoms with Gasteiger partial charge in [-0.15, -0.1) is 0 Å². The number of hydrogen-bond donors (Lipinski definition) is 2. The van der Waals surface area contributed by atoms with Crippen molar-refractivity contribution >= 4 is 17.7 Å². The van der Waals surface area contributed by atoms with Crippen molar-refractivity contribution in [2.75, 3.05) is 13.2 Å². The second-order valence-electron chi connectivity index (χ2n) is 7.66. The molecule has 146 valence electrons. The van der Waals surface area contributed by atoms with E-state index in [1.807, 2.05) is 0 Å². The number of amides is 3. The molecule has 1 aliphatic carbocycles. The van der Waals surface area contributed by atoms with Crippen LogP contribution in [0, 0.1) is 5.92 Å². The zero-order valence-electron chi connectivity index (χ0n) is 15.7. The number of nitrogens with zero attached hydrogens (tertiary/aromatic N) is 1. The van der Waals surface area contributed by atoms with Gasteiger partial charge in [-0.05, 0) is 50.7 Å². The predicted molar refractivity (Wildman–Crippen MR) is 98.6 cm³/mol. The number of Topliss-reactive ketones (excluding diaryl/α,β-unsaturated/α-hetero) is 1. The maximum atomic E-state index is 12.8. The average Bonchev–Trinajstić information content (AvgIpc) is 2.87. The van der Waals surface area contributed by atoms with Gasteiger partial charge in [0.15, 0.2) is 5.78 Å². The van der Waals surface area contributed by atoms with Crippen LogP contribution in [0.4, 0.5) is 4.79 Å². The molecule has 0 bridgehead atoms. The summed E-state index contributed by atoms with van der Waals surface area (Å²) >= 11 is 0. The number of carbonyl (C=O) groups is 3. The number of carbonyl (C=O) groups excluding carboxylic acids is 3. The van der Waals surface area contributed by atoms with Gasteiger partial charge in [-0.3, -0.25) is 14.5 Å². The number of urea groups is 1. The molecule has 0 radical (unpaired) electrons. The third kappa shape index (κ3) is 4.13. The molecule has 1 atom stereocenters. The van der Waals surface area contributed by atoms with Crippen LogP contribution in [0.15, 0.2) is 24.3 Å². The fourth-order valence-electron chi connectivity index (χ4n) is 3.70. The van der Waals surface area contributed by atoms with Crippen molar-refractivity contribution in [3.05, 3.63) is 29.8 Å². The Hall–Kier alpha value is -2.41. The number of benzene rings is 1. The largest absolute Gasteiger partial charge is 0.491 e. The fraction of sp³-hybridized carbons (Fsp3) is 0.550. The molecule has 0 aromatic heterocycles. The van der Waals surface area contributed by atoms with Crippen molar-refractivity contribution in [3.63, 3.8) is 0 Å². The van der Waals surface area contributed by atoms with E-state index in [4.69, 9.17) is 4.74 Å². The molecule has 3 amide bonds. The minimum atomic E-state index is -1.02. The van der Waals surface area contributed by atoms with Crippen molar-refractivity contribution in [1.29, 1.82) is 0 Å². The Morgan fingerprint density at radius 2 is 2.07 bits per heavy atom. The first kappa shape index (κ1) is 19.4.